The van der Waals surface area contributed by atoms with Gasteiger partial charge in [0.25, 0.3) is 0 Å². The van der Waals surface area contributed by atoms with E-state index >= 15 is 0 Å². The molecule has 1 saturated carbocycles. The van der Waals surface area contributed by atoms with Gasteiger partial charge in [-0.15, -0.1) is 0 Å². The summed E-state index contributed by atoms with van der Waals surface area (Å²) in [5.74, 6) is 2.71. The van der Waals surface area contributed by atoms with E-state index in [1.54, 1.807) is 0 Å². The maximum atomic E-state index is 5.56. The molecular formula is C17H33NO. The molecule has 2 heteroatoms. The predicted octanol–water partition coefficient (Wildman–Crippen LogP) is 3.85. The summed E-state index contributed by atoms with van der Waals surface area (Å²) >= 11 is 0. The first-order valence-corrected chi connectivity index (χ1v) is 8.29. The highest BCUT2D eigenvalue weighted by Crippen LogP contribution is 2.46. The summed E-state index contributed by atoms with van der Waals surface area (Å²) in [5, 5.41) is 3.68. The molecular weight excluding hydrogens is 234 g/mol. The lowest BCUT2D eigenvalue weighted by atomic mass is 9.62. The minimum Gasteiger partial charge on any atom is -0.381 e. The Kier molecular flexibility index (Phi) is 5.30. The van der Waals surface area contributed by atoms with Crippen molar-refractivity contribution in [2.75, 3.05) is 19.8 Å². The molecule has 2 nitrogen and oxygen atoms in total. The standard InChI is InChI=1S/C17H33NO/c1-13(2)18-12-15-5-8-17(3,4)11-16(15)14-6-9-19-10-7-14/h13-16,18H,5-12H2,1-4H3. The molecule has 0 aromatic carbocycles. The second-order valence-electron chi connectivity index (χ2n) is 7.84. The summed E-state index contributed by atoms with van der Waals surface area (Å²) in [5.41, 5.74) is 0.553. The van der Waals surface area contributed by atoms with Gasteiger partial charge in [0, 0.05) is 19.3 Å². The molecule has 0 bridgehead atoms. The Labute approximate surface area is 119 Å². The molecule has 0 radical (unpaired) electrons. The predicted molar refractivity (Wildman–Crippen MR) is 81.3 cm³/mol. The Morgan fingerprint density at radius 2 is 1.84 bits per heavy atom. The van der Waals surface area contributed by atoms with Crippen LogP contribution in [0.3, 0.4) is 0 Å². The summed E-state index contributed by atoms with van der Waals surface area (Å²) in [7, 11) is 0. The van der Waals surface area contributed by atoms with E-state index in [2.05, 4.69) is 33.0 Å². The van der Waals surface area contributed by atoms with Crippen molar-refractivity contribution < 1.29 is 4.74 Å². The highest BCUT2D eigenvalue weighted by Gasteiger charge is 2.39. The summed E-state index contributed by atoms with van der Waals surface area (Å²) in [6.45, 7) is 12.6. The maximum absolute atomic E-state index is 5.56. The van der Waals surface area contributed by atoms with Crippen LogP contribution in [-0.2, 0) is 4.74 Å². The van der Waals surface area contributed by atoms with E-state index in [1.807, 2.05) is 0 Å². The molecule has 2 aliphatic rings. The van der Waals surface area contributed by atoms with Crippen molar-refractivity contribution >= 4 is 0 Å². The zero-order chi connectivity index (χ0) is 13.9. The van der Waals surface area contributed by atoms with Crippen LogP contribution >= 0.6 is 0 Å². The van der Waals surface area contributed by atoms with Gasteiger partial charge in [0.15, 0.2) is 0 Å². The maximum Gasteiger partial charge on any atom is 0.0468 e. The molecule has 1 heterocycles. The van der Waals surface area contributed by atoms with Crippen LogP contribution in [0.5, 0.6) is 0 Å². The third-order valence-corrected chi connectivity index (χ3v) is 5.25. The summed E-state index contributed by atoms with van der Waals surface area (Å²) in [6, 6.07) is 0.616. The number of rotatable bonds is 4. The molecule has 1 aliphatic carbocycles. The largest absolute Gasteiger partial charge is 0.381 e. The molecule has 112 valence electrons. The lowest BCUT2D eigenvalue weighted by molar-refractivity contribution is 0.000468. The van der Waals surface area contributed by atoms with Crippen LogP contribution in [0.4, 0.5) is 0 Å². The van der Waals surface area contributed by atoms with Gasteiger partial charge in [0.2, 0.25) is 0 Å². The molecule has 2 fully saturated rings. The van der Waals surface area contributed by atoms with Gasteiger partial charge in [-0.1, -0.05) is 27.7 Å². The van der Waals surface area contributed by atoms with Crippen molar-refractivity contribution in [1.82, 2.24) is 5.32 Å². The highest BCUT2D eigenvalue weighted by atomic mass is 16.5. The zero-order valence-corrected chi connectivity index (χ0v) is 13.4. The summed E-state index contributed by atoms with van der Waals surface area (Å²) in [6.07, 6.45) is 6.81. The molecule has 0 amide bonds. The monoisotopic (exact) mass is 267 g/mol. The number of ether oxygens (including phenoxy) is 1. The third kappa shape index (κ3) is 4.46. The van der Waals surface area contributed by atoms with Crippen LogP contribution < -0.4 is 5.32 Å². The molecule has 19 heavy (non-hydrogen) atoms. The topological polar surface area (TPSA) is 21.3 Å². The van der Waals surface area contributed by atoms with Gasteiger partial charge in [0.05, 0.1) is 0 Å². The van der Waals surface area contributed by atoms with Gasteiger partial charge in [-0.2, -0.15) is 0 Å². The van der Waals surface area contributed by atoms with Gasteiger partial charge in [-0.25, -0.2) is 0 Å². The van der Waals surface area contributed by atoms with Crippen molar-refractivity contribution in [3.8, 4) is 0 Å². The van der Waals surface area contributed by atoms with E-state index in [1.165, 1.54) is 38.6 Å². The Morgan fingerprint density at radius 3 is 2.47 bits per heavy atom. The van der Waals surface area contributed by atoms with Crippen LogP contribution in [0, 0.1) is 23.2 Å². The van der Waals surface area contributed by atoms with E-state index in [0.717, 1.165) is 31.0 Å². The zero-order valence-electron chi connectivity index (χ0n) is 13.4. The highest BCUT2D eigenvalue weighted by molar-refractivity contribution is 4.90. The van der Waals surface area contributed by atoms with E-state index in [0.29, 0.717) is 11.5 Å². The fourth-order valence-corrected chi connectivity index (χ4v) is 4.03. The molecule has 0 aromatic heterocycles. The van der Waals surface area contributed by atoms with Crippen molar-refractivity contribution in [2.24, 2.45) is 23.2 Å². The fraction of sp³-hybridized carbons (Fsp3) is 1.00. The van der Waals surface area contributed by atoms with Crippen molar-refractivity contribution in [3.63, 3.8) is 0 Å². The Morgan fingerprint density at radius 1 is 1.16 bits per heavy atom. The number of hydrogen-bond acceptors (Lipinski definition) is 2. The average Bonchev–Trinajstić information content (AvgIpc) is 2.37. The summed E-state index contributed by atoms with van der Waals surface area (Å²) < 4.78 is 5.56. The van der Waals surface area contributed by atoms with E-state index in [4.69, 9.17) is 4.74 Å². The molecule has 0 spiro atoms. The van der Waals surface area contributed by atoms with E-state index in [9.17, 15) is 0 Å². The molecule has 1 aliphatic heterocycles. The SMILES string of the molecule is CC(C)NCC1CCC(C)(C)CC1C1CCOCC1. The van der Waals surface area contributed by atoms with Crippen LogP contribution in [0.25, 0.3) is 0 Å². The first kappa shape index (κ1) is 15.3. The van der Waals surface area contributed by atoms with Crippen molar-refractivity contribution in [2.45, 2.75) is 65.8 Å². The first-order chi connectivity index (χ1) is 8.98. The number of hydrogen-bond donors (Lipinski definition) is 1. The molecule has 0 aromatic rings. The smallest absolute Gasteiger partial charge is 0.0468 e. The van der Waals surface area contributed by atoms with Gasteiger partial charge in [-0.3, -0.25) is 0 Å². The first-order valence-electron chi connectivity index (χ1n) is 8.29. The van der Waals surface area contributed by atoms with Gasteiger partial charge in [0.1, 0.15) is 0 Å². The Bertz CT molecular complexity index is 266. The minimum atomic E-state index is 0.553. The third-order valence-electron chi connectivity index (χ3n) is 5.25. The Hall–Kier alpha value is -0.0800. The van der Waals surface area contributed by atoms with Crippen LogP contribution in [-0.4, -0.2) is 25.8 Å². The minimum absolute atomic E-state index is 0.553. The van der Waals surface area contributed by atoms with Crippen molar-refractivity contribution in [1.29, 1.82) is 0 Å². The second-order valence-corrected chi connectivity index (χ2v) is 7.84. The summed E-state index contributed by atoms with van der Waals surface area (Å²) in [4.78, 5) is 0. The lowest BCUT2D eigenvalue weighted by Crippen LogP contribution is -2.42. The molecule has 2 unspecified atom stereocenters. The fourth-order valence-electron chi connectivity index (χ4n) is 4.03. The van der Waals surface area contributed by atoms with E-state index in [-0.39, 0.29) is 0 Å². The van der Waals surface area contributed by atoms with Crippen LogP contribution in [0.15, 0.2) is 0 Å². The quantitative estimate of drug-likeness (QED) is 0.835. The van der Waals surface area contributed by atoms with Crippen LogP contribution in [0.2, 0.25) is 0 Å². The molecule has 2 atom stereocenters. The number of nitrogens with one attached hydrogen (secondary N) is 1. The van der Waals surface area contributed by atoms with E-state index < -0.39 is 0 Å². The average molecular weight is 267 g/mol. The lowest BCUT2D eigenvalue weighted by Gasteiger charge is -2.45. The second kappa shape index (κ2) is 6.58. The van der Waals surface area contributed by atoms with Gasteiger partial charge < -0.3 is 10.1 Å². The molecule has 1 saturated heterocycles. The normalized spacial score (nSPS) is 32.7. The van der Waals surface area contributed by atoms with Gasteiger partial charge in [-0.05, 0) is 61.8 Å². The molecule has 1 N–H and O–H groups in total. The molecule has 2 rings (SSSR count). The Balaban J connectivity index is 1.98. The van der Waals surface area contributed by atoms with Gasteiger partial charge >= 0.3 is 0 Å². The van der Waals surface area contributed by atoms with Crippen molar-refractivity contribution in [3.05, 3.63) is 0 Å². The van der Waals surface area contributed by atoms with Crippen LogP contribution in [0.1, 0.15) is 59.8 Å².